The molecule has 34 heavy (non-hydrogen) atoms. The van der Waals surface area contributed by atoms with E-state index in [1.807, 2.05) is 0 Å². The maximum Gasteiger partial charge on any atom is 0.123 e. The first kappa shape index (κ1) is 31.2. The van der Waals surface area contributed by atoms with Crippen LogP contribution in [0.2, 0.25) is 0 Å². The first-order valence-corrected chi connectivity index (χ1v) is 15.0. The molecule has 1 aliphatic carbocycles. The van der Waals surface area contributed by atoms with E-state index in [0.717, 1.165) is 36.5 Å². The Labute approximate surface area is 214 Å². The Balaban J connectivity index is 3.04. The third-order valence-corrected chi connectivity index (χ3v) is 8.96. The zero-order chi connectivity index (χ0) is 25.5. The van der Waals surface area contributed by atoms with Crippen LogP contribution in [0.5, 0.6) is 0 Å². The van der Waals surface area contributed by atoms with Gasteiger partial charge in [-0.15, -0.1) is 6.58 Å². The molecule has 0 aromatic heterocycles. The third kappa shape index (κ3) is 11.7. The number of allylic oxidation sites excluding steroid dienone is 3. The van der Waals surface area contributed by atoms with Gasteiger partial charge >= 0.3 is 0 Å². The Morgan fingerprint density at radius 3 is 2.29 bits per heavy atom. The largest absolute Gasteiger partial charge is 0.303 e. The lowest BCUT2D eigenvalue weighted by molar-refractivity contribution is -0.113. The van der Waals surface area contributed by atoms with Crippen molar-refractivity contribution in [3.05, 3.63) is 23.8 Å². The summed E-state index contributed by atoms with van der Waals surface area (Å²) in [7, 11) is 0. The van der Waals surface area contributed by atoms with Crippen molar-refractivity contribution in [3.63, 3.8) is 0 Å². The highest BCUT2D eigenvalue weighted by Gasteiger charge is 2.33. The fraction of sp³-hybridized carbons (Fsp3) is 0.848. The monoisotopic (exact) mass is 472 g/mol. The van der Waals surface area contributed by atoms with Crippen molar-refractivity contribution in [2.24, 2.45) is 41.4 Å². The highest BCUT2D eigenvalue weighted by molar-refractivity contribution is 5.55. The second-order valence-electron chi connectivity index (χ2n) is 12.4. The fourth-order valence-electron chi connectivity index (χ4n) is 6.42. The van der Waals surface area contributed by atoms with Gasteiger partial charge in [0.25, 0.3) is 0 Å². The molecule has 0 aliphatic heterocycles. The van der Waals surface area contributed by atoms with Crippen LogP contribution in [0.15, 0.2) is 23.8 Å². The van der Waals surface area contributed by atoms with Gasteiger partial charge in [0.05, 0.1) is 0 Å². The molecule has 1 fully saturated rings. The molecule has 6 unspecified atom stereocenters. The van der Waals surface area contributed by atoms with Gasteiger partial charge in [0, 0.05) is 5.92 Å². The number of carbonyl (C=O) groups is 1. The first-order chi connectivity index (χ1) is 16.2. The molecule has 0 bridgehead atoms. The maximum atomic E-state index is 12.1. The quantitative estimate of drug-likeness (QED) is 0.143. The highest BCUT2D eigenvalue weighted by Crippen LogP contribution is 2.41. The molecule has 1 saturated carbocycles. The summed E-state index contributed by atoms with van der Waals surface area (Å²) in [6.45, 7) is 20.7. The van der Waals surface area contributed by atoms with Crippen molar-refractivity contribution >= 4 is 6.29 Å². The summed E-state index contributed by atoms with van der Waals surface area (Å²) >= 11 is 0. The Bertz CT molecular complexity index is 587. The summed E-state index contributed by atoms with van der Waals surface area (Å²) < 4.78 is 0. The normalized spacial score (nSPS) is 24.9. The second-order valence-corrected chi connectivity index (χ2v) is 12.4. The van der Waals surface area contributed by atoms with E-state index in [2.05, 4.69) is 61.1 Å². The number of rotatable bonds is 18. The molecule has 0 aromatic carbocycles. The van der Waals surface area contributed by atoms with Crippen molar-refractivity contribution < 1.29 is 4.79 Å². The fourth-order valence-corrected chi connectivity index (χ4v) is 6.42. The van der Waals surface area contributed by atoms with Gasteiger partial charge in [0.15, 0.2) is 0 Å². The van der Waals surface area contributed by atoms with E-state index in [1.165, 1.54) is 88.9 Å². The van der Waals surface area contributed by atoms with Crippen LogP contribution in [-0.4, -0.2) is 6.29 Å². The van der Waals surface area contributed by atoms with Crippen LogP contribution in [-0.2, 0) is 4.79 Å². The van der Waals surface area contributed by atoms with Gasteiger partial charge in [-0.05, 0) is 87.4 Å². The minimum Gasteiger partial charge on any atom is -0.303 e. The SMILES string of the molecule is C=C(C)CCC(C/C=C(\CCC(C)C(C)CCCC)C1C(C)CCCC1C=O)C[C@H](C)CCC. The molecule has 0 radical (unpaired) electrons. The standard InChI is InChI=1S/C33H60O/c1-9-11-14-27(6)28(7)18-21-31(33-29(8)15-12-16-32(33)24-34)22-20-30(19-17-25(3)4)23-26(5)13-10-2/h22,24,26-30,32-33H,3,9-21,23H2,1-2,4-8H3/b31-22+/t26-,27?,28?,29?,30?,32?,33?/m1/s1. The van der Waals surface area contributed by atoms with Crippen LogP contribution >= 0.6 is 0 Å². The Morgan fingerprint density at radius 1 is 0.971 bits per heavy atom. The Morgan fingerprint density at radius 2 is 1.68 bits per heavy atom. The average molecular weight is 473 g/mol. The van der Waals surface area contributed by atoms with E-state index < -0.39 is 0 Å². The summed E-state index contributed by atoms with van der Waals surface area (Å²) in [5.41, 5.74) is 2.94. The minimum atomic E-state index is 0.232. The lowest BCUT2D eigenvalue weighted by Gasteiger charge is -2.36. The van der Waals surface area contributed by atoms with Crippen LogP contribution < -0.4 is 0 Å². The summed E-state index contributed by atoms with van der Waals surface area (Å²) in [6.07, 6.45) is 21.5. The van der Waals surface area contributed by atoms with Gasteiger partial charge < -0.3 is 4.79 Å². The smallest absolute Gasteiger partial charge is 0.123 e. The predicted octanol–water partition coefficient (Wildman–Crippen LogP) is 10.6. The molecular weight excluding hydrogens is 412 g/mol. The maximum absolute atomic E-state index is 12.1. The number of unbranched alkanes of at least 4 members (excludes halogenated alkanes) is 1. The first-order valence-electron chi connectivity index (χ1n) is 15.0. The zero-order valence-corrected chi connectivity index (χ0v) is 24.2. The molecule has 0 amide bonds. The average Bonchev–Trinajstić information content (AvgIpc) is 2.80. The predicted molar refractivity (Wildman–Crippen MR) is 152 cm³/mol. The van der Waals surface area contributed by atoms with Crippen molar-refractivity contribution in [1.29, 1.82) is 0 Å². The van der Waals surface area contributed by atoms with Gasteiger partial charge in [-0.25, -0.2) is 0 Å². The summed E-state index contributed by atoms with van der Waals surface area (Å²) in [5.74, 6) is 4.43. The molecule has 1 aliphatic rings. The number of carbonyl (C=O) groups excluding carboxylic acids is 1. The van der Waals surface area contributed by atoms with E-state index in [-0.39, 0.29) is 5.92 Å². The molecule has 1 nitrogen and oxygen atoms in total. The third-order valence-electron chi connectivity index (χ3n) is 8.96. The molecule has 0 heterocycles. The second kappa shape index (κ2) is 17.6. The van der Waals surface area contributed by atoms with Gasteiger partial charge in [-0.1, -0.05) is 104 Å². The van der Waals surface area contributed by atoms with E-state index >= 15 is 0 Å². The molecule has 7 atom stereocenters. The number of hydrogen-bond donors (Lipinski definition) is 0. The molecule has 0 aromatic rings. The van der Waals surface area contributed by atoms with Crippen LogP contribution in [0, 0.1) is 41.4 Å². The van der Waals surface area contributed by atoms with Crippen LogP contribution in [0.1, 0.15) is 138 Å². The highest BCUT2D eigenvalue weighted by atomic mass is 16.1. The summed E-state index contributed by atoms with van der Waals surface area (Å²) in [5, 5.41) is 0. The van der Waals surface area contributed by atoms with E-state index in [1.54, 1.807) is 5.57 Å². The van der Waals surface area contributed by atoms with Gasteiger partial charge in [-0.3, -0.25) is 0 Å². The Kier molecular flexibility index (Phi) is 16.1. The van der Waals surface area contributed by atoms with Gasteiger partial charge in [0.2, 0.25) is 0 Å². The molecule has 0 saturated heterocycles. The van der Waals surface area contributed by atoms with Crippen molar-refractivity contribution in [1.82, 2.24) is 0 Å². The van der Waals surface area contributed by atoms with Crippen molar-refractivity contribution in [2.45, 2.75) is 138 Å². The Hall–Kier alpha value is -0.850. The molecule has 1 rings (SSSR count). The van der Waals surface area contributed by atoms with Crippen molar-refractivity contribution in [2.75, 3.05) is 0 Å². The topological polar surface area (TPSA) is 17.1 Å². The van der Waals surface area contributed by atoms with Crippen LogP contribution in [0.4, 0.5) is 0 Å². The van der Waals surface area contributed by atoms with Crippen LogP contribution in [0.25, 0.3) is 0 Å². The van der Waals surface area contributed by atoms with Crippen LogP contribution in [0.3, 0.4) is 0 Å². The molecular formula is C33H60O. The molecule has 0 spiro atoms. The lowest BCUT2D eigenvalue weighted by Crippen LogP contribution is -2.29. The van der Waals surface area contributed by atoms with Gasteiger partial charge in [0.1, 0.15) is 6.29 Å². The van der Waals surface area contributed by atoms with E-state index in [0.29, 0.717) is 11.8 Å². The zero-order valence-electron chi connectivity index (χ0n) is 24.2. The van der Waals surface area contributed by atoms with E-state index in [9.17, 15) is 4.79 Å². The molecule has 1 heteroatoms. The van der Waals surface area contributed by atoms with Crippen molar-refractivity contribution in [3.8, 4) is 0 Å². The number of hydrogen-bond acceptors (Lipinski definition) is 1. The molecule has 0 N–H and O–H groups in total. The van der Waals surface area contributed by atoms with Gasteiger partial charge in [-0.2, -0.15) is 0 Å². The number of aldehydes is 1. The summed E-state index contributed by atoms with van der Waals surface area (Å²) in [4.78, 5) is 12.1. The lowest BCUT2D eigenvalue weighted by atomic mass is 9.68. The van der Waals surface area contributed by atoms with E-state index in [4.69, 9.17) is 0 Å². The molecule has 198 valence electrons. The summed E-state index contributed by atoms with van der Waals surface area (Å²) in [6, 6.07) is 0. The minimum absolute atomic E-state index is 0.232.